The van der Waals surface area contributed by atoms with Crippen molar-refractivity contribution in [3.63, 3.8) is 0 Å². The Morgan fingerprint density at radius 3 is 2.52 bits per heavy atom. The van der Waals surface area contributed by atoms with Crippen molar-refractivity contribution >= 4 is 35.8 Å². The molecule has 0 spiro atoms. The molecule has 0 aromatic heterocycles. The number of hydrogen-bond donors (Lipinski definition) is 2. The number of nitrogens with one attached hydrogen (secondary N) is 2. The van der Waals surface area contributed by atoms with Crippen molar-refractivity contribution in [3.05, 3.63) is 0 Å². The maximum absolute atomic E-state index is 12.1. The summed E-state index contributed by atoms with van der Waals surface area (Å²) in [6.45, 7) is 13.7. The zero-order valence-electron chi connectivity index (χ0n) is 17.5. The van der Waals surface area contributed by atoms with E-state index in [0.717, 1.165) is 51.5 Å². The van der Waals surface area contributed by atoms with Crippen molar-refractivity contribution < 1.29 is 14.3 Å². The van der Waals surface area contributed by atoms with Crippen molar-refractivity contribution in [1.82, 2.24) is 15.5 Å². The topological polar surface area (TPSA) is 75.2 Å². The number of guanidine groups is 1. The standard InChI is InChI=1S/C19H38N4O3.HI/c1-5-7-11-25-13-14-26-12-9-21-19(20-6-2)22-17-8-10-23(15-17)18(24)16(3)4;/h16-17H,5-15H2,1-4H3,(H2,20,21,22);1H. The molecule has 1 fully saturated rings. The van der Waals surface area contributed by atoms with Crippen molar-refractivity contribution in [2.75, 3.05) is 52.6 Å². The van der Waals surface area contributed by atoms with Gasteiger partial charge in [-0.2, -0.15) is 0 Å². The second-order valence-electron chi connectivity index (χ2n) is 6.91. The molecule has 27 heavy (non-hydrogen) atoms. The Morgan fingerprint density at radius 1 is 1.19 bits per heavy atom. The smallest absolute Gasteiger partial charge is 0.225 e. The van der Waals surface area contributed by atoms with E-state index in [2.05, 4.69) is 22.5 Å². The van der Waals surface area contributed by atoms with Crippen LogP contribution in [0.4, 0.5) is 0 Å². The van der Waals surface area contributed by atoms with E-state index in [-0.39, 0.29) is 41.8 Å². The van der Waals surface area contributed by atoms with Gasteiger partial charge in [-0.25, -0.2) is 0 Å². The third-order valence-electron chi connectivity index (χ3n) is 4.20. The van der Waals surface area contributed by atoms with Crippen molar-refractivity contribution in [1.29, 1.82) is 0 Å². The Bertz CT molecular complexity index is 422. The van der Waals surface area contributed by atoms with Crippen LogP contribution in [0.25, 0.3) is 0 Å². The van der Waals surface area contributed by atoms with E-state index in [1.165, 1.54) is 0 Å². The molecule has 1 rings (SSSR count). The fraction of sp³-hybridized carbons (Fsp3) is 0.895. The number of amides is 1. The summed E-state index contributed by atoms with van der Waals surface area (Å²) in [7, 11) is 0. The SMILES string of the molecule is CCCCOCCOCCN=C(NCC)NC1CCN(C(=O)C(C)C)C1.I. The van der Waals surface area contributed by atoms with Crippen molar-refractivity contribution in [2.45, 2.75) is 53.0 Å². The molecule has 7 nitrogen and oxygen atoms in total. The molecule has 1 saturated heterocycles. The van der Waals surface area contributed by atoms with Gasteiger partial charge in [-0.05, 0) is 19.8 Å². The molecule has 1 aliphatic rings. The van der Waals surface area contributed by atoms with E-state index in [4.69, 9.17) is 9.47 Å². The van der Waals surface area contributed by atoms with Crippen molar-refractivity contribution in [3.8, 4) is 0 Å². The fourth-order valence-corrected chi connectivity index (χ4v) is 2.75. The lowest BCUT2D eigenvalue weighted by molar-refractivity contribution is -0.133. The van der Waals surface area contributed by atoms with Gasteiger partial charge in [0, 0.05) is 38.2 Å². The molecular formula is C19H39IN4O3. The van der Waals surface area contributed by atoms with Crippen LogP contribution in [0.15, 0.2) is 4.99 Å². The molecule has 1 heterocycles. The molecule has 0 bridgehead atoms. The first-order chi connectivity index (χ1) is 12.6. The molecule has 160 valence electrons. The summed E-state index contributed by atoms with van der Waals surface area (Å²) < 4.78 is 11.0. The van der Waals surface area contributed by atoms with Crippen LogP contribution in [-0.4, -0.2) is 75.4 Å². The lowest BCUT2D eigenvalue weighted by atomic mass is 10.2. The normalized spacial score (nSPS) is 17.1. The molecule has 1 unspecified atom stereocenters. The molecule has 0 radical (unpaired) electrons. The quantitative estimate of drug-likeness (QED) is 0.187. The Hall–Kier alpha value is -0.610. The largest absolute Gasteiger partial charge is 0.379 e. The average molecular weight is 498 g/mol. The van der Waals surface area contributed by atoms with E-state index in [0.29, 0.717) is 26.4 Å². The summed E-state index contributed by atoms with van der Waals surface area (Å²) in [5, 5.41) is 6.69. The van der Waals surface area contributed by atoms with Crippen LogP contribution in [0, 0.1) is 5.92 Å². The second-order valence-corrected chi connectivity index (χ2v) is 6.91. The summed E-state index contributed by atoms with van der Waals surface area (Å²) >= 11 is 0. The molecule has 2 N–H and O–H groups in total. The summed E-state index contributed by atoms with van der Waals surface area (Å²) in [6.07, 6.45) is 3.21. The highest BCUT2D eigenvalue weighted by Gasteiger charge is 2.27. The molecule has 8 heteroatoms. The minimum Gasteiger partial charge on any atom is -0.379 e. The predicted octanol–water partition coefficient (Wildman–Crippen LogP) is 2.25. The molecule has 1 atom stereocenters. The van der Waals surface area contributed by atoms with Gasteiger partial charge in [0.05, 0.1) is 26.4 Å². The summed E-state index contributed by atoms with van der Waals surface area (Å²) in [4.78, 5) is 18.6. The Kier molecular flexibility index (Phi) is 16.0. The lowest BCUT2D eigenvalue weighted by Crippen LogP contribution is -2.45. The van der Waals surface area contributed by atoms with Gasteiger partial charge in [0.1, 0.15) is 0 Å². The number of unbranched alkanes of at least 4 members (excludes halogenated alkanes) is 1. The third kappa shape index (κ3) is 11.7. The van der Waals surface area contributed by atoms with E-state index in [9.17, 15) is 4.79 Å². The first-order valence-electron chi connectivity index (χ1n) is 10.1. The number of hydrogen-bond acceptors (Lipinski definition) is 4. The molecule has 1 aliphatic heterocycles. The number of aliphatic imine (C=N–C) groups is 1. The zero-order valence-corrected chi connectivity index (χ0v) is 19.8. The van der Waals surface area contributed by atoms with Gasteiger partial charge in [-0.3, -0.25) is 9.79 Å². The van der Waals surface area contributed by atoms with Gasteiger partial charge in [0.15, 0.2) is 5.96 Å². The maximum Gasteiger partial charge on any atom is 0.225 e. The van der Waals surface area contributed by atoms with Gasteiger partial charge in [-0.15, -0.1) is 24.0 Å². The van der Waals surface area contributed by atoms with Gasteiger partial charge >= 0.3 is 0 Å². The number of carbonyl (C=O) groups is 1. The average Bonchev–Trinajstić information content (AvgIpc) is 3.08. The minimum atomic E-state index is 0. The molecule has 0 aliphatic carbocycles. The fourth-order valence-electron chi connectivity index (χ4n) is 2.75. The number of ether oxygens (including phenoxy) is 2. The van der Waals surface area contributed by atoms with Crippen molar-refractivity contribution in [2.24, 2.45) is 10.9 Å². The summed E-state index contributed by atoms with van der Waals surface area (Å²) in [5.41, 5.74) is 0. The van der Waals surface area contributed by atoms with Gasteiger partial charge < -0.3 is 25.0 Å². The van der Waals surface area contributed by atoms with E-state index >= 15 is 0 Å². The number of rotatable bonds is 12. The van der Waals surface area contributed by atoms with Crippen LogP contribution in [-0.2, 0) is 14.3 Å². The highest BCUT2D eigenvalue weighted by Crippen LogP contribution is 2.12. The molecule has 0 aromatic carbocycles. The molecule has 1 amide bonds. The zero-order chi connectivity index (χ0) is 19.2. The number of carbonyl (C=O) groups excluding carboxylic acids is 1. The number of likely N-dealkylation sites (tertiary alicyclic amines) is 1. The molecule has 0 aromatic rings. The monoisotopic (exact) mass is 498 g/mol. The van der Waals surface area contributed by atoms with Crippen LogP contribution in [0.5, 0.6) is 0 Å². The minimum absolute atomic E-state index is 0. The van der Waals surface area contributed by atoms with E-state index in [1.54, 1.807) is 0 Å². The first-order valence-corrected chi connectivity index (χ1v) is 10.1. The highest BCUT2D eigenvalue weighted by atomic mass is 127. The summed E-state index contributed by atoms with van der Waals surface area (Å²) in [6, 6.07) is 0.253. The Morgan fingerprint density at radius 2 is 1.89 bits per heavy atom. The maximum atomic E-state index is 12.1. The van der Waals surface area contributed by atoms with Crippen LogP contribution in [0.1, 0.15) is 47.0 Å². The lowest BCUT2D eigenvalue weighted by Gasteiger charge is -2.20. The first kappa shape index (κ1) is 26.4. The Balaban J connectivity index is 0.00000676. The summed E-state index contributed by atoms with van der Waals surface area (Å²) in [5.74, 6) is 1.07. The van der Waals surface area contributed by atoms with Crippen LogP contribution >= 0.6 is 24.0 Å². The Labute approximate surface area is 182 Å². The van der Waals surface area contributed by atoms with E-state index < -0.39 is 0 Å². The third-order valence-corrected chi connectivity index (χ3v) is 4.20. The second kappa shape index (κ2) is 16.4. The van der Waals surface area contributed by atoms with Gasteiger partial charge in [0.25, 0.3) is 0 Å². The van der Waals surface area contributed by atoms with E-state index in [1.807, 2.05) is 25.7 Å². The van der Waals surface area contributed by atoms with Gasteiger partial charge in [0.2, 0.25) is 5.91 Å². The predicted molar refractivity (Wildman–Crippen MR) is 121 cm³/mol. The van der Waals surface area contributed by atoms with Gasteiger partial charge in [-0.1, -0.05) is 27.2 Å². The van der Waals surface area contributed by atoms with Crippen LogP contribution in [0.2, 0.25) is 0 Å². The van der Waals surface area contributed by atoms with Crippen LogP contribution in [0.3, 0.4) is 0 Å². The number of nitrogens with zero attached hydrogens (tertiary/aromatic N) is 2. The number of halogens is 1. The molecule has 0 saturated carbocycles. The highest BCUT2D eigenvalue weighted by molar-refractivity contribution is 14.0. The molecular weight excluding hydrogens is 459 g/mol. The van der Waals surface area contributed by atoms with Crippen LogP contribution < -0.4 is 10.6 Å².